The van der Waals surface area contributed by atoms with Gasteiger partial charge in [-0.15, -0.1) is 0 Å². The molecule has 0 spiro atoms. The van der Waals surface area contributed by atoms with E-state index in [1.807, 2.05) is 12.1 Å². The largest absolute Gasteiger partial charge is 0.457 e. The fraction of sp³-hybridized carbons (Fsp3) is 0.231. The molecule has 0 radical (unpaired) electrons. The van der Waals surface area contributed by atoms with Crippen LogP contribution >= 0.6 is 0 Å². The van der Waals surface area contributed by atoms with E-state index < -0.39 is 0 Å². The fourth-order valence-corrected chi connectivity index (χ4v) is 4.34. The molecule has 0 aliphatic carbocycles. The number of rotatable bonds is 4. The number of nitrogens with zero attached hydrogens (tertiary/aromatic N) is 4. The molecule has 3 aromatic rings. The minimum atomic E-state index is 0.825. The Morgan fingerprint density at radius 1 is 0.613 bits per heavy atom. The van der Waals surface area contributed by atoms with Crippen molar-refractivity contribution in [1.82, 2.24) is 4.90 Å². The third-order valence-electron chi connectivity index (χ3n) is 6.29. The Kier molecular flexibility index (Phi) is 4.74. The first-order valence-electron chi connectivity index (χ1n) is 10.6. The molecule has 2 aliphatic rings. The second-order valence-corrected chi connectivity index (χ2v) is 8.29. The van der Waals surface area contributed by atoms with Gasteiger partial charge in [0.05, 0.1) is 24.7 Å². The molecule has 0 unspecified atom stereocenters. The highest BCUT2D eigenvalue weighted by Crippen LogP contribution is 2.40. The number of benzene rings is 3. The third kappa shape index (κ3) is 3.46. The number of hydrogen-bond acceptors (Lipinski definition) is 5. The summed E-state index contributed by atoms with van der Waals surface area (Å²) in [5.74, 6) is 1.68. The van der Waals surface area contributed by atoms with Crippen molar-refractivity contribution in [3.8, 4) is 11.5 Å². The minimum absolute atomic E-state index is 0.825. The normalized spacial score (nSPS) is 15.7. The highest BCUT2D eigenvalue weighted by Gasteiger charge is 2.24. The summed E-state index contributed by atoms with van der Waals surface area (Å²) in [6, 6.07) is 25.1. The van der Waals surface area contributed by atoms with E-state index in [4.69, 9.17) is 4.74 Å². The molecule has 5 rings (SSSR count). The lowest BCUT2D eigenvalue weighted by Gasteiger charge is -2.22. The van der Waals surface area contributed by atoms with E-state index in [9.17, 15) is 0 Å². The zero-order chi connectivity index (χ0) is 21.5. The number of para-hydroxylation sites is 2. The molecule has 0 bridgehead atoms. The molecule has 158 valence electrons. The van der Waals surface area contributed by atoms with Crippen LogP contribution in [0.5, 0.6) is 11.5 Å². The lowest BCUT2D eigenvalue weighted by molar-refractivity contribution is 0.459. The first-order chi connectivity index (χ1) is 15.0. The number of allylic oxidation sites excluding steroid dienone is 2. The molecule has 0 atom stereocenters. The van der Waals surface area contributed by atoms with Crippen molar-refractivity contribution in [2.75, 3.05) is 42.1 Å². The molecule has 0 saturated heterocycles. The van der Waals surface area contributed by atoms with E-state index in [1.54, 1.807) is 0 Å². The van der Waals surface area contributed by atoms with Gasteiger partial charge in [-0.05, 0) is 50.2 Å². The molecule has 0 amide bonds. The van der Waals surface area contributed by atoms with Crippen molar-refractivity contribution in [3.63, 3.8) is 0 Å². The Hall–Kier alpha value is -3.60. The van der Waals surface area contributed by atoms with E-state index in [2.05, 4.69) is 108 Å². The Balaban J connectivity index is 1.39. The predicted molar refractivity (Wildman–Crippen MR) is 128 cm³/mol. The van der Waals surface area contributed by atoms with Crippen LogP contribution in [0.2, 0.25) is 0 Å². The maximum Gasteiger partial charge on any atom is 0.129 e. The maximum atomic E-state index is 6.29. The van der Waals surface area contributed by atoms with Crippen molar-refractivity contribution in [3.05, 3.63) is 84.2 Å². The van der Waals surface area contributed by atoms with Crippen LogP contribution in [0.3, 0.4) is 0 Å². The van der Waals surface area contributed by atoms with E-state index in [0.717, 1.165) is 36.2 Å². The summed E-state index contributed by atoms with van der Waals surface area (Å²) >= 11 is 0. The quantitative estimate of drug-likeness (QED) is 0.524. The molecule has 5 nitrogen and oxygen atoms in total. The lowest BCUT2D eigenvalue weighted by Crippen LogP contribution is -2.24. The van der Waals surface area contributed by atoms with E-state index in [0.29, 0.717) is 0 Å². The average molecular weight is 413 g/mol. The van der Waals surface area contributed by atoms with Crippen molar-refractivity contribution in [2.24, 2.45) is 0 Å². The maximum absolute atomic E-state index is 6.29. The molecule has 2 aliphatic heterocycles. The molecule has 0 saturated carbocycles. The van der Waals surface area contributed by atoms with Gasteiger partial charge in [0.1, 0.15) is 11.5 Å². The van der Waals surface area contributed by atoms with Gasteiger partial charge in [0.15, 0.2) is 0 Å². The van der Waals surface area contributed by atoms with Gasteiger partial charge in [-0.25, -0.2) is 0 Å². The van der Waals surface area contributed by atoms with Crippen LogP contribution in [0.25, 0.3) is 0 Å². The van der Waals surface area contributed by atoms with Crippen molar-refractivity contribution in [1.29, 1.82) is 0 Å². The molecular formula is C26H28N4O. The van der Waals surface area contributed by atoms with Gasteiger partial charge in [-0.2, -0.15) is 0 Å². The van der Waals surface area contributed by atoms with Crippen LogP contribution < -0.4 is 19.4 Å². The van der Waals surface area contributed by atoms with Crippen LogP contribution in [0, 0.1) is 0 Å². The zero-order valence-corrected chi connectivity index (χ0v) is 18.5. The molecule has 2 heterocycles. The summed E-state index contributed by atoms with van der Waals surface area (Å²) in [6.07, 6.45) is 0. The summed E-state index contributed by atoms with van der Waals surface area (Å²) in [5, 5.41) is 0. The Morgan fingerprint density at radius 3 is 1.81 bits per heavy atom. The molecule has 0 N–H and O–H groups in total. The SMILES string of the molecule is CC1=C(C)N(c2cccc(Oc3cccc(N4CN(C)c5ccccc54)c3)c2)CN1C. The summed E-state index contributed by atoms with van der Waals surface area (Å²) in [5.41, 5.74) is 7.31. The van der Waals surface area contributed by atoms with Crippen molar-refractivity contribution < 1.29 is 4.74 Å². The second kappa shape index (κ2) is 7.58. The number of ether oxygens (including phenoxy) is 1. The second-order valence-electron chi connectivity index (χ2n) is 8.29. The van der Waals surface area contributed by atoms with Crippen LogP contribution in [0.4, 0.5) is 22.7 Å². The topological polar surface area (TPSA) is 22.2 Å². The van der Waals surface area contributed by atoms with Crippen molar-refractivity contribution in [2.45, 2.75) is 13.8 Å². The summed E-state index contributed by atoms with van der Waals surface area (Å²) < 4.78 is 6.29. The van der Waals surface area contributed by atoms with Gasteiger partial charge in [-0.3, -0.25) is 0 Å². The summed E-state index contributed by atoms with van der Waals surface area (Å²) in [6.45, 7) is 6.01. The van der Waals surface area contributed by atoms with Crippen LogP contribution in [-0.2, 0) is 0 Å². The monoisotopic (exact) mass is 412 g/mol. The first kappa shape index (κ1) is 19.4. The highest BCUT2D eigenvalue weighted by atomic mass is 16.5. The Bertz CT molecular complexity index is 1160. The molecule has 3 aromatic carbocycles. The lowest BCUT2D eigenvalue weighted by atomic mass is 10.2. The van der Waals surface area contributed by atoms with E-state index >= 15 is 0 Å². The number of anilines is 4. The molecule has 31 heavy (non-hydrogen) atoms. The Labute approximate surface area is 184 Å². The number of hydrogen-bond donors (Lipinski definition) is 0. The van der Waals surface area contributed by atoms with Crippen LogP contribution in [0.1, 0.15) is 13.8 Å². The van der Waals surface area contributed by atoms with E-state index in [1.165, 1.54) is 22.8 Å². The zero-order valence-electron chi connectivity index (χ0n) is 18.5. The molecule has 5 heteroatoms. The standard InChI is InChI=1S/C26H28N4O/c1-19-20(2)29(17-27(19)3)21-9-7-11-23(15-21)31-24-12-8-10-22(16-24)30-18-28(4)25-13-5-6-14-26(25)30/h5-16H,17-18H2,1-4H3. The van der Waals surface area contributed by atoms with E-state index in [-0.39, 0.29) is 0 Å². The third-order valence-corrected chi connectivity index (χ3v) is 6.29. The highest BCUT2D eigenvalue weighted by molar-refractivity contribution is 5.82. The van der Waals surface area contributed by atoms with Crippen LogP contribution in [-0.4, -0.2) is 32.3 Å². The predicted octanol–water partition coefficient (Wildman–Crippen LogP) is 5.99. The van der Waals surface area contributed by atoms with Gasteiger partial charge in [0.25, 0.3) is 0 Å². The van der Waals surface area contributed by atoms with Gasteiger partial charge in [0.2, 0.25) is 0 Å². The van der Waals surface area contributed by atoms with Gasteiger partial charge < -0.3 is 24.3 Å². The number of fused-ring (bicyclic) bond motifs is 1. The van der Waals surface area contributed by atoms with Gasteiger partial charge >= 0.3 is 0 Å². The minimum Gasteiger partial charge on any atom is -0.457 e. The smallest absolute Gasteiger partial charge is 0.129 e. The van der Waals surface area contributed by atoms with Crippen LogP contribution in [0.15, 0.2) is 84.2 Å². The van der Waals surface area contributed by atoms with Crippen molar-refractivity contribution >= 4 is 22.7 Å². The summed E-state index contributed by atoms with van der Waals surface area (Å²) in [4.78, 5) is 9.15. The molecular weight excluding hydrogens is 384 g/mol. The molecule has 0 aromatic heterocycles. The Morgan fingerprint density at radius 2 is 1.19 bits per heavy atom. The fourth-order valence-electron chi connectivity index (χ4n) is 4.34. The molecule has 0 fully saturated rings. The average Bonchev–Trinajstić information content (AvgIpc) is 3.26. The first-order valence-corrected chi connectivity index (χ1v) is 10.6. The summed E-state index contributed by atoms with van der Waals surface area (Å²) in [7, 11) is 4.25. The van der Waals surface area contributed by atoms with Gasteiger partial charge in [0, 0.05) is 49.0 Å². The van der Waals surface area contributed by atoms with Gasteiger partial charge in [-0.1, -0.05) is 24.3 Å².